The topological polar surface area (TPSA) is 106 Å². The molecule has 9 heteroatoms. The Bertz CT molecular complexity index is 1020. The highest BCUT2D eigenvalue weighted by atomic mass is 35.5. The Kier molecular flexibility index (Phi) is 5.18. The van der Waals surface area contributed by atoms with Crippen LogP contribution in [0.15, 0.2) is 40.6 Å². The van der Waals surface area contributed by atoms with E-state index < -0.39 is 5.91 Å². The number of aromatic amines is 1. The number of methoxy groups -OCH3 is 3. The molecule has 0 saturated heterocycles. The number of aromatic nitrogens is 1. The average molecular weight is 390 g/mol. The van der Waals surface area contributed by atoms with Crippen LogP contribution in [0.2, 0.25) is 5.02 Å². The van der Waals surface area contributed by atoms with Crippen molar-refractivity contribution in [3.63, 3.8) is 0 Å². The maximum absolute atomic E-state index is 12.5. The van der Waals surface area contributed by atoms with Gasteiger partial charge in [-0.25, -0.2) is 0 Å². The number of benzene rings is 2. The molecule has 1 aromatic heterocycles. The highest BCUT2D eigenvalue weighted by Crippen LogP contribution is 2.39. The second-order valence-corrected chi connectivity index (χ2v) is 5.87. The van der Waals surface area contributed by atoms with Gasteiger partial charge in [0, 0.05) is 10.4 Å². The van der Waals surface area contributed by atoms with Gasteiger partial charge >= 0.3 is 0 Å². The molecule has 0 aliphatic heterocycles. The van der Waals surface area contributed by atoms with Crippen molar-refractivity contribution in [1.29, 1.82) is 0 Å². The van der Waals surface area contributed by atoms with Crippen LogP contribution < -0.4 is 14.2 Å². The summed E-state index contributed by atoms with van der Waals surface area (Å²) in [6.07, 6.45) is 0. The van der Waals surface area contributed by atoms with Gasteiger partial charge < -0.3 is 24.3 Å². The molecule has 0 saturated carbocycles. The summed E-state index contributed by atoms with van der Waals surface area (Å²) in [7, 11) is 4.36. The molecule has 0 spiro atoms. The summed E-state index contributed by atoms with van der Waals surface area (Å²) in [5, 5.41) is 18.6. The minimum Gasteiger partial charge on any atom is -0.493 e. The van der Waals surface area contributed by atoms with E-state index in [0.717, 1.165) is 0 Å². The average Bonchev–Trinajstić information content (AvgIpc) is 2.99. The van der Waals surface area contributed by atoms with Crippen LogP contribution in [-0.4, -0.2) is 37.3 Å². The van der Waals surface area contributed by atoms with Crippen molar-refractivity contribution < 1.29 is 24.1 Å². The van der Waals surface area contributed by atoms with E-state index in [2.05, 4.69) is 15.2 Å². The first-order valence-electron chi connectivity index (χ1n) is 7.74. The van der Waals surface area contributed by atoms with Crippen molar-refractivity contribution in [3.8, 4) is 23.1 Å². The van der Waals surface area contributed by atoms with Gasteiger partial charge in [0.15, 0.2) is 17.2 Å². The summed E-state index contributed by atoms with van der Waals surface area (Å²) in [5.74, 6) is 0.130. The number of ether oxygens (including phenoxy) is 3. The second-order valence-electron chi connectivity index (χ2n) is 5.43. The molecule has 1 amide bonds. The predicted octanol–water partition coefficient (Wildman–Crippen LogP) is 4.48. The molecule has 2 N–H and O–H groups in total. The second kappa shape index (κ2) is 7.55. The van der Waals surface area contributed by atoms with Crippen LogP contribution in [0.5, 0.6) is 23.1 Å². The van der Waals surface area contributed by atoms with Crippen LogP contribution in [0.3, 0.4) is 0 Å². The Morgan fingerprint density at radius 2 is 1.74 bits per heavy atom. The molecule has 140 valence electrons. The number of nitrogens with one attached hydrogen (secondary N) is 1. The third-order valence-corrected chi connectivity index (χ3v) is 4.10. The number of H-pyrrole nitrogens is 1. The van der Waals surface area contributed by atoms with E-state index >= 15 is 0 Å². The molecular formula is C18H16ClN3O5. The number of hydrogen-bond donors (Lipinski definition) is 2. The number of azo groups is 1. The normalized spacial score (nSPS) is 11.1. The minimum absolute atomic E-state index is 0.119. The van der Waals surface area contributed by atoms with Gasteiger partial charge in [-0.15, -0.1) is 10.2 Å². The summed E-state index contributed by atoms with van der Waals surface area (Å²) >= 11 is 5.98. The first-order chi connectivity index (χ1) is 13.0. The highest BCUT2D eigenvalue weighted by molar-refractivity contribution is 6.31. The van der Waals surface area contributed by atoms with Crippen LogP contribution in [0, 0.1) is 0 Å². The van der Waals surface area contributed by atoms with Gasteiger partial charge in [-0.05, 0) is 30.3 Å². The quantitative estimate of drug-likeness (QED) is 0.626. The Labute approximate surface area is 159 Å². The lowest BCUT2D eigenvalue weighted by molar-refractivity contribution is 0.0994. The van der Waals surface area contributed by atoms with E-state index in [1.807, 2.05) is 0 Å². The summed E-state index contributed by atoms with van der Waals surface area (Å²) in [4.78, 5) is 15.2. The number of halogens is 1. The smallest absolute Gasteiger partial charge is 0.295 e. The van der Waals surface area contributed by atoms with Crippen LogP contribution >= 0.6 is 11.6 Å². The molecule has 3 rings (SSSR count). The SMILES string of the molecule is COc1cc(C(=O)N=Nc2c(O)[nH]c3ccc(Cl)cc23)cc(OC)c1OC. The van der Waals surface area contributed by atoms with Gasteiger partial charge in [0.1, 0.15) is 0 Å². The lowest BCUT2D eigenvalue weighted by atomic mass is 10.1. The third-order valence-electron chi connectivity index (χ3n) is 3.87. The fraction of sp³-hybridized carbons (Fsp3) is 0.167. The predicted molar refractivity (Wildman–Crippen MR) is 99.9 cm³/mol. The maximum Gasteiger partial charge on any atom is 0.295 e. The number of carbonyl (C=O) groups is 1. The molecule has 0 unspecified atom stereocenters. The van der Waals surface area contributed by atoms with Crippen molar-refractivity contribution in [2.75, 3.05) is 21.3 Å². The van der Waals surface area contributed by atoms with Gasteiger partial charge in [-0.1, -0.05) is 11.6 Å². The summed E-state index contributed by atoms with van der Waals surface area (Å²) in [6.45, 7) is 0. The summed E-state index contributed by atoms with van der Waals surface area (Å²) in [5.41, 5.74) is 0.921. The Morgan fingerprint density at radius 3 is 2.33 bits per heavy atom. The van der Waals surface area contributed by atoms with Crippen molar-refractivity contribution in [2.24, 2.45) is 10.2 Å². The zero-order valence-corrected chi connectivity index (χ0v) is 15.5. The lowest BCUT2D eigenvalue weighted by Gasteiger charge is -2.12. The van der Waals surface area contributed by atoms with Gasteiger partial charge in [-0.3, -0.25) is 4.79 Å². The zero-order valence-electron chi connectivity index (χ0n) is 14.7. The van der Waals surface area contributed by atoms with Crippen LogP contribution in [0.1, 0.15) is 10.4 Å². The number of aromatic hydroxyl groups is 1. The molecule has 2 aromatic carbocycles. The molecule has 0 aliphatic carbocycles. The lowest BCUT2D eigenvalue weighted by Crippen LogP contribution is -2.00. The van der Waals surface area contributed by atoms with Crippen molar-refractivity contribution in [2.45, 2.75) is 0 Å². The number of hydrogen-bond acceptors (Lipinski definition) is 6. The van der Waals surface area contributed by atoms with E-state index in [9.17, 15) is 9.90 Å². The van der Waals surface area contributed by atoms with Gasteiger partial charge in [0.05, 0.1) is 32.4 Å². The molecule has 8 nitrogen and oxygen atoms in total. The number of nitrogens with zero attached hydrogens (tertiary/aromatic N) is 2. The molecule has 0 radical (unpaired) electrons. The fourth-order valence-corrected chi connectivity index (χ4v) is 2.77. The van der Waals surface area contributed by atoms with Crippen molar-refractivity contribution >= 4 is 34.1 Å². The third kappa shape index (κ3) is 3.52. The van der Waals surface area contributed by atoms with E-state index in [0.29, 0.717) is 33.2 Å². The Hall–Kier alpha value is -3.26. The molecule has 0 atom stereocenters. The summed E-state index contributed by atoms with van der Waals surface area (Å²) in [6, 6.07) is 7.91. The first kappa shape index (κ1) is 18.5. The van der Waals surface area contributed by atoms with Crippen LogP contribution in [0.25, 0.3) is 10.9 Å². The number of carbonyl (C=O) groups excluding carboxylic acids is 1. The van der Waals surface area contributed by atoms with Crippen LogP contribution in [0.4, 0.5) is 5.69 Å². The highest BCUT2D eigenvalue weighted by Gasteiger charge is 2.17. The van der Waals surface area contributed by atoms with Gasteiger partial charge in [-0.2, -0.15) is 0 Å². The molecule has 1 heterocycles. The molecular weight excluding hydrogens is 374 g/mol. The van der Waals surface area contributed by atoms with E-state index in [4.69, 9.17) is 25.8 Å². The Morgan fingerprint density at radius 1 is 1.07 bits per heavy atom. The molecule has 0 aliphatic rings. The molecule has 0 bridgehead atoms. The number of rotatable bonds is 5. The maximum atomic E-state index is 12.5. The standard InChI is InChI=1S/C18H16ClN3O5/c1-25-13-6-9(7-14(26-2)16(13)27-3)17(23)22-21-15-11-8-10(19)4-5-12(11)20-18(15)24/h4-8,20,24H,1-3H3. The van der Waals surface area contributed by atoms with Crippen molar-refractivity contribution in [3.05, 3.63) is 40.9 Å². The van der Waals surface area contributed by atoms with Crippen LogP contribution in [-0.2, 0) is 0 Å². The van der Waals surface area contributed by atoms with E-state index in [1.165, 1.54) is 33.5 Å². The minimum atomic E-state index is -0.648. The van der Waals surface area contributed by atoms with Gasteiger partial charge in [0.2, 0.25) is 11.6 Å². The molecule has 3 aromatic rings. The van der Waals surface area contributed by atoms with Crippen molar-refractivity contribution in [1.82, 2.24) is 4.98 Å². The largest absolute Gasteiger partial charge is 0.493 e. The van der Waals surface area contributed by atoms with E-state index in [-0.39, 0.29) is 17.1 Å². The van der Waals surface area contributed by atoms with Gasteiger partial charge in [0.25, 0.3) is 5.91 Å². The Balaban J connectivity index is 1.98. The fourth-order valence-electron chi connectivity index (χ4n) is 2.59. The number of fused-ring (bicyclic) bond motifs is 1. The molecule has 27 heavy (non-hydrogen) atoms. The first-order valence-corrected chi connectivity index (χ1v) is 8.12. The number of amides is 1. The molecule has 0 fully saturated rings. The zero-order chi connectivity index (χ0) is 19.6. The summed E-state index contributed by atoms with van der Waals surface area (Å²) < 4.78 is 15.7. The monoisotopic (exact) mass is 389 g/mol. The van der Waals surface area contributed by atoms with E-state index in [1.54, 1.807) is 18.2 Å².